The number of H-pyrrole nitrogens is 1. The number of nitrogens with one attached hydrogen (secondary N) is 1. The molecule has 0 fully saturated rings. The molecular formula is C9H14N2O2. The Hall–Kier alpha value is -1.13. The van der Waals surface area contributed by atoms with Gasteiger partial charge in [-0.05, 0) is 18.6 Å². The van der Waals surface area contributed by atoms with E-state index in [4.69, 9.17) is 10.5 Å². The van der Waals surface area contributed by atoms with Crippen LogP contribution in [0.15, 0.2) is 10.9 Å². The van der Waals surface area contributed by atoms with Gasteiger partial charge in [0, 0.05) is 24.9 Å². The third-order valence-electron chi connectivity index (χ3n) is 1.94. The second-order valence-electron chi connectivity index (χ2n) is 2.91. The average molecular weight is 182 g/mol. The highest BCUT2D eigenvalue weighted by Crippen LogP contribution is 2.05. The minimum absolute atomic E-state index is 0.111. The fourth-order valence-electron chi connectivity index (χ4n) is 1.17. The van der Waals surface area contributed by atoms with E-state index in [0.717, 1.165) is 11.3 Å². The maximum absolute atomic E-state index is 11.3. The van der Waals surface area contributed by atoms with Gasteiger partial charge in [-0.3, -0.25) is 4.79 Å². The van der Waals surface area contributed by atoms with Gasteiger partial charge in [-0.2, -0.15) is 0 Å². The Balaban J connectivity index is 3.14. The number of aryl methyl sites for hydroxylation is 1. The van der Waals surface area contributed by atoms with Crippen molar-refractivity contribution in [3.63, 3.8) is 0 Å². The fraction of sp³-hybridized carbons (Fsp3) is 0.444. The Morgan fingerprint density at radius 2 is 2.23 bits per heavy atom. The molecule has 0 amide bonds. The molecule has 13 heavy (non-hydrogen) atoms. The van der Waals surface area contributed by atoms with Gasteiger partial charge in [0.1, 0.15) is 0 Å². The first kappa shape index (κ1) is 9.95. The first-order valence-electron chi connectivity index (χ1n) is 4.09. The predicted octanol–water partition coefficient (Wildman–Crippen LogP) is 0.288. The summed E-state index contributed by atoms with van der Waals surface area (Å²) >= 11 is 0. The van der Waals surface area contributed by atoms with Crippen LogP contribution in [0.25, 0.3) is 0 Å². The molecule has 0 aromatic carbocycles. The maximum Gasteiger partial charge on any atom is 0.252 e. The van der Waals surface area contributed by atoms with Crippen molar-refractivity contribution in [3.8, 4) is 0 Å². The van der Waals surface area contributed by atoms with E-state index >= 15 is 0 Å². The number of ether oxygens (including phenoxy) is 1. The van der Waals surface area contributed by atoms with E-state index in [0.29, 0.717) is 12.2 Å². The maximum atomic E-state index is 11.3. The molecule has 0 unspecified atom stereocenters. The zero-order chi connectivity index (χ0) is 9.84. The molecule has 0 atom stereocenters. The lowest BCUT2D eigenvalue weighted by atomic mass is 10.1. The summed E-state index contributed by atoms with van der Waals surface area (Å²) < 4.78 is 4.99. The van der Waals surface area contributed by atoms with Gasteiger partial charge in [0.25, 0.3) is 5.56 Å². The molecule has 1 aromatic heterocycles. The summed E-state index contributed by atoms with van der Waals surface area (Å²) in [5.74, 6) is 0. The van der Waals surface area contributed by atoms with Gasteiger partial charge in [-0.15, -0.1) is 0 Å². The summed E-state index contributed by atoms with van der Waals surface area (Å²) in [7, 11) is 1.62. The van der Waals surface area contributed by atoms with Gasteiger partial charge in [0.05, 0.1) is 6.61 Å². The minimum Gasteiger partial charge on any atom is -0.380 e. The van der Waals surface area contributed by atoms with Gasteiger partial charge >= 0.3 is 0 Å². The summed E-state index contributed by atoms with van der Waals surface area (Å²) in [6, 6.07) is 1.79. The van der Waals surface area contributed by atoms with Gasteiger partial charge in [-0.1, -0.05) is 0 Å². The lowest BCUT2D eigenvalue weighted by Gasteiger charge is -2.05. The van der Waals surface area contributed by atoms with Gasteiger partial charge in [0.15, 0.2) is 0 Å². The van der Waals surface area contributed by atoms with Crippen LogP contribution in [0.1, 0.15) is 16.8 Å². The van der Waals surface area contributed by atoms with Crippen molar-refractivity contribution in [2.45, 2.75) is 20.1 Å². The number of hydrogen-bond donors (Lipinski definition) is 2. The summed E-state index contributed by atoms with van der Waals surface area (Å²) in [5, 5.41) is 0. The topological polar surface area (TPSA) is 68.1 Å². The molecule has 0 radical (unpaired) electrons. The molecule has 0 saturated heterocycles. The molecule has 4 nitrogen and oxygen atoms in total. The normalized spacial score (nSPS) is 10.4. The SMILES string of the molecule is COCc1cc(CN)c(=O)[nH]c1C. The number of methoxy groups -OCH3 is 1. The van der Waals surface area contributed by atoms with Crippen molar-refractivity contribution >= 4 is 0 Å². The molecule has 0 aliphatic carbocycles. The van der Waals surface area contributed by atoms with Crippen LogP contribution >= 0.6 is 0 Å². The zero-order valence-electron chi connectivity index (χ0n) is 7.89. The minimum atomic E-state index is -0.111. The van der Waals surface area contributed by atoms with E-state index in [9.17, 15) is 4.79 Å². The molecule has 1 heterocycles. The summed E-state index contributed by atoms with van der Waals surface area (Å²) in [6.45, 7) is 2.60. The Morgan fingerprint density at radius 3 is 2.77 bits per heavy atom. The molecule has 0 bridgehead atoms. The van der Waals surface area contributed by atoms with E-state index < -0.39 is 0 Å². The zero-order valence-corrected chi connectivity index (χ0v) is 7.89. The van der Waals surface area contributed by atoms with E-state index in [-0.39, 0.29) is 12.1 Å². The number of hydrogen-bond acceptors (Lipinski definition) is 3. The highest BCUT2D eigenvalue weighted by atomic mass is 16.5. The molecule has 4 heteroatoms. The second kappa shape index (κ2) is 4.20. The van der Waals surface area contributed by atoms with Crippen LogP contribution in [0.4, 0.5) is 0 Å². The lowest BCUT2D eigenvalue weighted by Crippen LogP contribution is -2.18. The van der Waals surface area contributed by atoms with E-state index in [1.165, 1.54) is 0 Å². The summed E-state index contributed by atoms with van der Waals surface area (Å²) in [4.78, 5) is 14.0. The number of aromatic nitrogens is 1. The molecule has 0 saturated carbocycles. The van der Waals surface area contributed by atoms with Crippen LogP contribution in [-0.2, 0) is 17.9 Å². The predicted molar refractivity (Wildman–Crippen MR) is 50.4 cm³/mol. The van der Waals surface area contributed by atoms with Crippen LogP contribution in [0.5, 0.6) is 0 Å². The Bertz CT molecular complexity index is 344. The number of rotatable bonds is 3. The standard InChI is InChI=1S/C9H14N2O2/c1-6-8(5-13-2)3-7(4-10)9(12)11-6/h3H,4-5,10H2,1-2H3,(H,11,12). The van der Waals surface area contributed by atoms with Gasteiger partial charge in [-0.25, -0.2) is 0 Å². The molecule has 3 N–H and O–H groups in total. The third kappa shape index (κ3) is 2.17. The Morgan fingerprint density at radius 1 is 1.54 bits per heavy atom. The van der Waals surface area contributed by atoms with Crippen LogP contribution < -0.4 is 11.3 Å². The molecular weight excluding hydrogens is 168 g/mol. The van der Waals surface area contributed by atoms with E-state index in [1.54, 1.807) is 13.2 Å². The Labute approximate surface area is 76.7 Å². The van der Waals surface area contributed by atoms with Gasteiger partial charge in [0.2, 0.25) is 0 Å². The quantitative estimate of drug-likeness (QED) is 0.706. The highest BCUT2D eigenvalue weighted by molar-refractivity contribution is 5.23. The molecule has 0 aliphatic heterocycles. The first-order valence-corrected chi connectivity index (χ1v) is 4.09. The molecule has 72 valence electrons. The van der Waals surface area contributed by atoms with Crippen molar-refractivity contribution in [1.29, 1.82) is 0 Å². The van der Waals surface area contributed by atoms with Gasteiger partial charge < -0.3 is 15.5 Å². The van der Waals surface area contributed by atoms with Crippen molar-refractivity contribution < 1.29 is 4.74 Å². The number of aromatic amines is 1. The van der Waals surface area contributed by atoms with Crippen molar-refractivity contribution in [3.05, 3.63) is 33.2 Å². The Kier molecular flexibility index (Phi) is 3.22. The second-order valence-corrected chi connectivity index (χ2v) is 2.91. The average Bonchev–Trinajstić information content (AvgIpc) is 2.10. The molecule has 0 spiro atoms. The highest BCUT2D eigenvalue weighted by Gasteiger charge is 2.03. The molecule has 1 aromatic rings. The molecule has 1 rings (SSSR count). The summed E-state index contributed by atoms with van der Waals surface area (Å²) in [5.41, 5.74) is 7.70. The van der Waals surface area contributed by atoms with E-state index in [2.05, 4.69) is 4.98 Å². The summed E-state index contributed by atoms with van der Waals surface area (Å²) in [6.07, 6.45) is 0. The third-order valence-corrected chi connectivity index (χ3v) is 1.94. The number of pyridine rings is 1. The van der Waals surface area contributed by atoms with Crippen molar-refractivity contribution in [2.75, 3.05) is 7.11 Å². The molecule has 0 aliphatic rings. The largest absolute Gasteiger partial charge is 0.380 e. The van der Waals surface area contributed by atoms with Crippen LogP contribution in [0.2, 0.25) is 0 Å². The lowest BCUT2D eigenvalue weighted by molar-refractivity contribution is 0.184. The fourth-order valence-corrected chi connectivity index (χ4v) is 1.17. The van der Waals surface area contributed by atoms with Crippen molar-refractivity contribution in [2.24, 2.45) is 5.73 Å². The smallest absolute Gasteiger partial charge is 0.252 e. The monoisotopic (exact) mass is 182 g/mol. The van der Waals surface area contributed by atoms with Crippen LogP contribution in [0, 0.1) is 6.92 Å². The first-order chi connectivity index (χ1) is 6.19. The number of nitrogens with two attached hydrogens (primary N) is 1. The van der Waals surface area contributed by atoms with Crippen molar-refractivity contribution in [1.82, 2.24) is 4.98 Å². The van der Waals surface area contributed by atoms with Crippen LogP contribution in [0.3, 0.4) is 0 Å². The van der Waals surface area contributed by atoms with E-state index in [1.807, 2.05) is 6.92 Å². The van der Waals surface area contributed by atoms with Crippen LogP contribution in [-0.4, -0.2) is 12.1 Å².